The molecule has 2 aromatic carbocycles. The van der Waals surface area contributed by atoms with Gasteiger partial charge >= 0.3 is 0 Å². The highest BCUT2D eigenvalue weighted by atomic mass is 79.9. The summed E-state index contributed by atoms with van der Waals surface area (Å²) in [6.07, 6.45) is 2.07. The third-order valence-corrected chi connectivity index (χ3v) is 7.06. The molecule has 0 aliphatic carbocycles. The van der Waals surface area contributed by atoms with Crippen LogP contribution in [0.15, 0.2) is 57.5 Å². The number of hydrogen-bond donors (Lipinski definition) is 2. The van der Waals surface area contributed by atoms with E-state index in [9.17, 15) is 9.59 Å². The second-order valence-electron chi connectivity index (χ2n) is 5.87. The SMILES string of the molecule is O=C(CSCCCCSCC(=O)Nc1ccccc1Br)Nc1ccccc1Br. The molecule has 2 aromatic rings. The van der Waals surface area contributed by atoms with Crippen LogP contribution in [0.3, 0.4) is 0 Å². The molecule has 2 N–H and O–H groups in total. The van der Waals surface area contributed by atoms with Gasteiger partial charge in [0.15, 0.2) is 0 Å². The Morgan fingerprint density at radius 3 is 1.50 bits per heavy atom. The molecule has 0 atom stereocenters. The van der Waals surface area contributed by atoms with Gasteiger partial charge in [-0.1, -0.05) is 24.3 Å². The summed E-state index contributed by atoms with van der Waals surface area (Å²) in [6.45, 7) is 0. The zero-order valence-electron chi connectivity index (χ0n) is 15.3. The molecule has 0 saturated heterocycles. The summed E-state index contributed by atoms with van der Waals surface area (Å²) in [5, 5.41) is 5.80. The number of amides is 2. The lowest BCUT2D eigenvalue weighted by atomic mass is 10.3. The highest BCUT2D eigenvalue weighted by Gasteiger charge is 2.06. The van der Waals surface area contributed by atoms with Crippen molar-refractivity contribution in [2.75, 3.05) is 33.6 Å². The van der Waals surface area contributed by atoms with Crippen LogP contribution in [0.4, 0.5) is 11.4 Å². The smallest absolute Gasteiger partial charge is 0.234 e. The average Bonchev–Trinajstić information content (AvgIpc) is 2.67. The molecule has 0 bridgehead atoms. The van der Waals surface area contributed by atoms with Gasteiger partial charge in [0.1, 0.15) is 0 Å². The number of hydrogen-bond acceptors (Lipinski definition) is 4. The monoisotopic (exact) mass is 544 g/mol. The maximum atomic E-state index is 11.9. The zero-order valence-corrected chi connectivity index (χ0v) is 20.1. The Morgan fingerprint density at radius 2 is 1.11 bits per heavy atom. The van der Waals surface area contributed by atoms with Gasteiger partial charge in [-0.05, 0) is 80.5 Å². The van der Waals surface area contributed by atoms with Crippen molar-refractivity contribution < 1.29 is 9.59 Å². The standard InChI is InChI=1S/C20H22Br2N2O2S2/c21-15-7-1-3-9-17(15)23-19(25)13-27-11-5-6-12-28-14-20(26)24-18-10-4-2-8-16(18)22/h1-4,7-10H,5-6,11-14H2,(H,23,25)(H,24,26). The van der Waals surface area contributed by atoms with Gasteiger partial charge in [-0.3, -0.25) is 9.59 Å². The van der Waals surface area contributed by atoms with Gasteiger partial charge in [-0.25, -0.2) is 0 Å². The third kappa shape index (κ3) is 9.03. The highest BCUT2D eigenvalue weighted by molar-refractivity contribution is 9.11. The van der Waals surface area contributed by atoms with Crippen LogP contribution >= 0.6 is 55.4 Å². The van der Waals surface area contributed by atoms with Gasteiger partial charge < -0.3 is 10.6 Å². The first-order valence-electron chi connectivity index (χ1n) is 8.80. The maximum absolute atomic E-state index is 11.9. The van der Waals surface area contributed by atoms with Crippen molar-refractivity contribution in [2.45, 2.75) is 12.8 Å². The largest absolute Gasteiger partial charge is 0.324 e. The summed E-state index contributed by atoms with van der Waals surface area (Å²) in [6, 6.07) is 15.2. The molecule has 0 unspecified atom stereocenters. The predicted octanol–water partition coefficient (Wildman–Crippen LogP) is 6.04. The molecule has 4 nitrogen and oxygen atoms in total. The van der Waals surface area contributed by atoms with Gasteiger partial charge in [0.05, 0.1) is 22.9 Å². The summed E-state index contributed by atoms with van der Waals surface area (Å²) < 4.78 is 1.77. The van der Waals surface area contributed by atoms with Gasteiger partial charge in [-0.2, -0.15) is 23.5 Å². The summed E-state index contributed by atoms with van der Waals surface area (Å²) >= 11 is 10.1. The minimum atomic E-state index is 0.00928. The molecule has 0 spiro atoms. The molecule has 0 fully saturated rings. The molecule has 28 heavy (non-hydrogen) atoms. The van der Waals surface area contributed by atoms with E-state index in [1.165, 1.54) is 0 Å². The lowest BCUT2D eigenvalue weighted by Crippen LogP contribution is -2.15. The first kappa shape index (κ1) is 23.3. The zero-order chi connectivity index (χ0) is 20.2. The maximum Gasteiger partial charge on any atom is 0.234 e. The minimum Gasteiger partial charge on any atom is -0.324 e. The third-order valence-electron chi connectivity index (χ3n) is 3.59. The second kappa shape index (κ2) is 13.3. The lowest BCUT2D eigenvalue weighted by molar-refractivity contribution is -0.114. The normalized spacial score (nSPS) is 10.5. The number of halogens is 2. The number of unbranched alkanes of at least 4 members (excludes halogenated alkanes) is 1. The van der Waals surface area contributed by atoms with Crippen LogP contribution in [0.1, 0.15) is 12.8 Å². The van der Waals surface area contributed by atoms with Crippen molar-refractivity contribution in [1.82, 2.24) is 0 Å². The van der Waals surface area contributed by atoms with Crippen LogP contribution in [0.25, 0.3) is 0 Å². The number of para-hydroxylation sites is 2. The second-order valence-corrected chi connectivity index (χ2v) is 9.79. The molecule has 0 aliphatic heterocycles. The Labute approximate surface area is 191 Å². The lowest BCUT2D eigenvalue weighted by Gasteiger charge is -2.07. The van der Waals surface area contributed by atoms with Crippen LogP contribution in [-0.2, 0) is 9.59 Å². The van der Waals surface area contributed by atoms with Crippen molar-refractivity contribution in [2.24, 2.45) is 0 Å². The number of rotatable bonds is 11. The molecule has 2 amide bonds. The Kier molecular flexibility index (Phi) is 11.1. The first-order valence-corrected chi connectivity index (χ1v) is 12.7. The van der Waals surface area contributed by atoms with E-state index >= 15 is 0 Å². The number of carbonyl (C=O) groups excluding carboxylic acids is 2. The van der Waals surface area contributed by atoms with E-state index in [1.54, 1.807) is 23.5 Å². The van der Waals surface area contributed by atoms with Crippen molar-refractivity contribution in [3.05, 3.63) is 57.5 Å². The molecular formula is C20H22Br2N2O2S2. The molecule has 0 heterocycles. The van der Waals surface area contributed by atoms with E-state index in [2.05, 4.69) is 42.5 Å². The first-order chi connectivity index (χ1) is 13.6. The minimum absolute atomic E-state index is 0.00928. The number of nitrogens with one attached hydrogen (secondary N) is 2. The van der Waals surface area contributed by atoms with Gasteiger partial charge in [0.25, 0.3) is 0 Å². The fourth-order valence-corrected chi connectivity index (χ4v) is 4.62. The van der Waals surface area contributed by atoms with E-state index in [-0.39, 0.29) is 11.8 Å². The average molecular weight is 546 g/mol. The molecule has 0 saturated carbocycles. The summed E-state index contributed by atoms with van der Waals surface area (Å²) in [7, 11) is 0. The van der Waals surface area contributed by atoms with Crippen LogP contribution < -0.4 is 10.6 Å². The Balaban J connectivity index is 1.48. The van der Waals surface area contributed by atoms with Crippen LogP contribution in [0.5, 0.6) is 0 Å². The Morgan fingerprint density at radius 1 is 0.714 bits per heavy atom. The molecule has 2 rings (SSSR count). The van der Waals surface area contributed by atoms with Crippen molar-refractivity contribution in [3.8, 4) is 0 Å². The van der Waals surface area contributed by atoms with Gasteiger partial charge in [0, 0.05) is 8.95 Å². The summed E-state index contributed by atoms with van der Waals surface area (Å²) in [5.41, 5.74) is 1.59. The molecule has 0 radical (unpaired) electrons. The van der Waals surface area contributed by atoms with Crippen LogP contribution in [0, 0.1) is 0 Å². The van der Waals surface area contributed by atoms with E-state index < -0.39 is 0 Å². The molecular weight excluding hydrogens is 524 g/mol. The predicted molar refractivity (Wildman–Crippen MR) is 129 cm³/mol. The Hall–Kier alpha value is -0.960. The quantitative estimate of drug-likeness (QED) is 0.338. The molecule has 8 heteroatoms. The van der Waals surface area contributed by atoms with Crippen molar-refractivity contribution in [1.29, 1.82) is 0 Å². The number of thioether (sulfide) groups is 2. The summed E-state index contributed by atoms with van der Waals surface area (Å²) in [5.74, 6) is 2.79. The van der Waals surface area contributed by atoms with Gasteiger partial charge in [0.2, 0.25) is 11.8 Å². The van der Waals surface area contributed by atoms with Crippen molar-refractivity contribution in [3.63, 3.8) is 0 Å². The topological polar surface area (TPSA) is 58.2 Å². The van der Waals surface area contributed by atoms with E-state index in [0.29, 0.717) is 11.5 Å². The van der Waals surface area contributed by atoms with Gasteiger partial charge in [-0.15, -0.1) is 0 Å². The van der Waals surface area contributed by atoms with E-state index in [1.807, 2.05) is 48.5 Å². The van der Waals surface area contributed by atoms with Crippen LogP contribution in [-0.4, -0.2) is 34.8 Å². The molecule has 0 aliphatic rings. The molecule has 150 valence electrons. The van der Waals surface area contributed by atoms with Crippen molar-refractivity contribution >= 4 is 78.6 Å². The highest BCUT2D eigenvalue weighted by Crippen LogP contribution is 2.22. The number of anilines is 2. The van der Waals surface area contributed by atoms with Crippen LogP contribution in [0.2, 0.25) is 0 Å². The van der Waals surface area contributed by atoms with E-state index in [0.717, 1.165) is 44.7 Å². The molecule has 0 aromatic heterocycles. The number of benzene rings is 2. The van der Waals surface area contributed by atoms with E-state index in [4.69, 9.17) is 0 Å². The summed E-state index contributed by atoms with van der Waals surface area (Å²) in [4.78, 5) is 23.9. The number of carbonyl (C=O) groups is 2. The fraction of sp³-hybridized carbons (Fsp3) is 0.300. The Bertz CT molecular complexity index is 725. The fourth-order valence-electron chi connectivity index (χ4n) is 2.24.